The maximum Gasteiger partial charge on any atom is 0.242 e. The first-order valence-electron chi connectivity index (χ1n) is 9.87. The Labute approximate surface area is 156 Å². The van der Waals surface area contributed by atoms with Crippen LogP contribution in [0.2, 0.25) is 0 Å². The molecule has 1 amide bonds. The third-order valence-electron chi connectivity index (χ3n) is 5.99. The van der Waals surface area contributed by atoms with E-state index in [1.54, 1.807) is 0 Å². The fourth-order valence-corrected chi connectivity index (χ4v) is 4.77. The topological polar surface area (TPSA) is 28.5 Å². The van der Waals surface area contributed by atoms with Crippen LogP contribution in [0.3, 0.4) is 0 Å². The number of hydrogen-bond acceptors (Lipinski definition) is 2. The van der Waals surface area contributed by atoms with E-state index in [0.29, 0.717) is 6.54 Å². The molecule has 138 valence electrons. The summed E-state index contributed by atoms with van der Waals surface area (Å²) in [5.41, 5.74) is 1.68. The van der Waals surface area contributed by atoms with Crippen LogP contribution in [-0.4, -0.2) is 46.5 Å². The van der Waals surface area contributed by atoms with E-state index in [1.807, 2.05) is 29.1 Å². The van der Waals surface area contributed by atoms with Crippen molar-refractivity contribution in [1.29, 1.82) is 0 Å². The number of aromatic nitrogens is 1. The number of amides is 1. The standard InChI is InChI=1S/C22H29N3O/c26-21(17-23-12-4-5-13-23)25-15-7-11-22(19-25)10-6-14-24(18-22)16-20-8-2-1-3-9-20/h1-5,8-9,12-13H,6-7,10-11,14-19H2/t22-/m1/s1. The van der Waals surface area contributed by atoms with E-state index >= 15 is 0 Å². The fraction of sp³-hybridized carbons (Fsp3) is 0.500. The van der Waals surface area contributed by atoms with E-state index in [4.69, 9.17) is 0 Å². The van der Waals surface area contributed by atoms with E-state index in [9.17, 15) is 4.79 Å². The van der Waals surface area contributed by atoms with Crippen LogP contribution in [0, 0.1) is 5.41 Å². The van der Waals surface area contributed by atoms with Crippen molar-refractivity contribution in [2.45, 2.75) is 38.8 Å². The molecular weight excluding hydrogens is 322 g/mol. The van der Waals surface area contributed by atoms with Crippen LogP contribution in [0.4, 0.5) is 0 Å². The molecule has 2 aliphatic rings. The first-order valence-corrected chi connectivity index (χ1v) is 9.87. The molecule has 4 heteroatoms. The minimum atomic E-state index is 0.264. The van der Waals surface area contributed by atoms with Gasteiger partial charge in [0.15, 0.2) is 0 Å². The molecule has 2 fully saturated rings. The van der Waals surface area contributed by atoms with Crippen molar-refractivity contribution in [3.63, 3.8) is 0 Å². The van der Waals surface area contributed by atoms with Gasteiger partial charge < -0.3 is 9.47 Å². The van der Waals surface area contributed by atoms with E-state index in [2.05, 4.69) is 40.1 Å². The van der Waals surface area contributed by atoms with Gasteiger partial charge in [-0.25, -0.2) is 0 Å². The van der Waals surface area contributed by atoms with Crippen LogP contribution in [0.5, 0.6) is 0 Å². The number of carbonyl (C=O) groups is 1. The Balaban J connectivity index is 1.39. The Morgan fingerprint density at radius 3 is 2.42 bits per heavy atom. The molecule has 0 radical (unpaired) electrons. The average molecular weight is 351 g/mol. The van der Waals surface area contributed by atoms with Gasteiger partial charge in [-0.3, -0.25) is 9.69 Å². The first-order chi connectivity index (χ1) is 12.7. The molecule has 3 heterocycles. The molecule has 1 atom stereocenters. The Kier molecular flexibility index (Phi) is 5.11. The maximum atomic E-state index is 12.8. The third kappa shape index (κ3) is 4.01. The molecule has 0 aliphatic carbocycles. The molecular formula is C22H29N3O. The van der Waals surface area contributed by atoms with Gasteiger partial charge in [-0.15, -0.1) is 0 Å². The molecule has 1 aromatic heterocycles. The molecule has 0 saturated carbocycles. The molecule has 4 rings (SSSR count). The highest BCUT2D eigenvalue weighted by Crippen LogP contribution is 2.39. The second-order valence-corrected chi connectivity index (χ2v) is 8.07. The number of carbonyl (C=O) groups excluding carboxylic acids is 1. The molecule has 1 aromatic carbocycles. The summed E-state index contributed by atoms with van der Waals surface area (Å²) in [4.78, 5) is 17.5. The summed E-state index contributed by atoms with van der Waals surface area (Å²) < 4.78 is 1.98. The number of hydrogen-bond donors (Lipinski definition) is 0. The van der Waals surface area contributed by atoms with Gasteiger partial charge in [0.05, 0.1) is 0 Å². The van der Waals surface area contributed by atoms with Gasteiger partial charge in [0.25, 0.3) is 0 Å². The summed E-state index contributed by atoms with van der Waals surface area (Å²) in [6.45, 7) is 5.64. The van der Waals surface area contributed by atoms with Crippen LogP contribution in [0.25, 0.3) is 0 Å². The van der Waals surface area contributed by atoms with Gasteiger partial charge in [0, 0.05) is 44.0 Å². The van der Waals surface area contributed by atoms with Crippen molar-refractivity contribution in [2.75, 3.05) is 26.2 Å². The van der Waals surface area contributed by atoms with Gasteiger partial charge >= 0.3 is 0 Å². The van der Waals surface area contributed by atoms with Gasteiger partial charge in [0.1, 0.15) is 6.54 Å². The minimum Gasteiger partial charge on any atom is -0.345 e. The second-order valence-electron chi connectivity index (χ2n) is 8.07. The summed E-state index contributed by atoms with van der Waals surface area (Å²) >= 11 is 0. The van der Waals surface area contributed by atoms with E-state index in [-0.39, 0.29) is 11.3 Å². The summed E-state index contributed by atoms with van der Waals surface area (Å²) in [7, 11) is 0. The lowest BCUT2D eigenvalue weighted by atomic mass is 9.73. The first kappa shape index (κ1) is 17.3. The Hall–Kier alpha value is -2.07. The van der Waals surface area contributed by atoms with Gasteiger partial charge in [0.2, 0.25) is 5.91 Å². The quantitative estimate of drug-likeness (QED) is 0.845. The van der Waals surface area contributed by atoms with Crippen LogP contribution in [-0.2, 0) is 17.9 Å². The minimum absolute atomic E-state index is 0.264. The normalized spacial score (nSPS) is 24.1. The molecule has 26 heavy (non-hydrogen) atoms. The smallest absolute Gasteiger partial charge is 0.242 e. The number of benzene rings is 1. The number of likely N-dealkylation sites (tertiary alicyclic amines) is 2. The van der Waals surface area contributed by atoms with E-state index in [0.717, 1.165) is 32.6 Å². The largest absolute Gasteiger partial charge is 0.345 e. The third-order valence-corrected chi connectivity index (χ3v) is 5.99. The van der Waals surface area contributed by atoms with Crippen LogP contribution in [0.15, 0.2) is 54.9 Å². The number of rotatable bonds is 4. The SMILES string of the molecule is O=C(Cn1cccc1)N1CCC[C@@]2(CCCN(Cc3ccccc3)C2)C1. The number of piperidine rings is 2. The zero-order chi connectivity index (χ0) is 17.8. The van der Waals surface area contributed by atoms with Crippen LogP contribution >= 0.6 is 0 Å². The summed E-state index contributed by atoms with van der Waals surface area (Å²) in [5, 5.41) is 0. The van der Waals surface area contributed by atoms with Crippen LogP contribution < -0.4 is 0 Å². The van der Waals surface area contributed by atoms with E-state index in [1.165, 1.54) is 31.4 Å². The molecule has 0 bridgehead atoms. The molecule has 2 aliphatic heterocycles. The lowest BCUT2D eigenvalue weighted by Gasteiger charge is -2.48. The Bertz CT molecular complexity index is 708. The fourth-order valence-electron chi connectivity index (χ4n) is 4.77. The van der Waals surface area contributed by atoms with Gasteiger partial charge in [-0.05, 0) is 49.9 Å². The van der Waals surface area contributed by atoms with E-state index < -0.39 is 0 Å². The zero-order valence-electron chi connectivity index (χ0n) is 15.5. The average Bonchev–Trinajstić information content (AvgIpc) is 3.16. The monoisotopic (exact) mass is 351 g/mol. The van der Waals surface area contributed by atoms with Crippen molar-refractivity contribution >= 4 is 5.91 Å². The van der Waals surface area contributed by atoms with Crippen molar-refractivity contribution in [3.8, 4) is 0 Å². The highest BCUT2D eigenvalue weighted by molar-refractivity contribution is 5.76. The predicted octanol–water partition coefficient (Wildman–Crippen LogP) is 3.39. The summed E-state index contributed by atoms with van der Waals surface area (Å²) in [5.74, 6) is 0.264. The second kappa shape index (κ2) is 7.67. The Morgan fingerprint density at radius 2 is 1.65 bits per heavy atom. The van der Waals surface area contributed by atoms with Crippen molar-refractivity contribution in [2.24, 2.45) is 5.41 Å². The molecule has 1 spiro atoms. The molecule has 0 N–H and O–H groups in total. The maximum absolute atomic E-state index is 12.8. The Morgan fingerprint density at radius 1 is 0.923 bits per heavy atom. The van der Waals surface area contributed by atoms with Crippen LogP contribution in [0.1, 0.15) is 31.2 Å². The zero-order valence-corrected chi connectivity index (χ0v) is 15.5. The van der Waals surface area contributed by atoms with Crippen molar-refractivity contribution in [3.05, 3.63) is 60.4 Å². The predicted molar refractivity (Wildman–Crippen MR) is 104 cm³/mol. The molecule has 2 aromatic rings. The highest BCUT2D eigenvalue weighted by atomic mass is 16.2. The molecule has 4 nitrogen and oxygen atoms in total. The molecule has 0 unspecified atom stereocenters. The van der Waals surface area contributed by atoms with Crippen molar-refractivity contribution < 1.29 is 4.79 Å². The number of nitrogens with zero attached hydrogens (tertiary/aromatic N) is 3. The van der Waals surface area contributed by atoms with Crippen molar-refractivity contribution in [1.82, 2.24) is 14.4 Å². The lowest BCUT2D eigenvalue weighted by molar-refractivity contribution is -0.136. The summed E-state index contributed by atoms with van der Waals surface area (Å²) in [6, 6.07) is 14.7. The lowest BCUT2D eigenvalue weighted by Crippen LogP contribution is -2.53. The molecule has 2 saturated heterocycles. The summed E-state index contributed by atoms with van der Waals surface area (Å²) in [6.07, 6.45) is 8.83. The highest BCUT2D eigenvalue weighted by Gasteiger charge is 2.40. The van der Waals surface area contributed by atoms with Gasteiger partial charge in [-0.2, -0.15) is 0 Å². The van der Waals surface area contributed by atoms with Gasteiger partial charge in [-0.1, -0.05) is 30.3 Å².